The van der Waals surface area contributed by atoms with Gasteiger partial charge in [-0.2, -0.15) is 0 Å². The average molecular weight is 434 g/mol. The van der Waals surface area contributed by atoms with Crippen LogP contribution in [0.3, 0.4) is 0 Å². The number of amides is 2. The van der Waals surface area contributed by atoms with E-state index in [1.165, 1.54) is 4.90 Å². The van der Waals surface area contributed by atoms with E-state index in [1.807, 2.05) is 54.6 Å². The molecule has 7 nitrogen and oxygen atoms in total. The van der Waals surface area contributed by atoms with Crippen molar-refractivity contribution in [2.45, 2.75) is 50.9 Å². The highest BCUT2D eigenvalue weighted by atomic mass is 16.6. The SMILES string of the molecule is C#CCCC[C@H](NC(=O)[C@@H]1Cc2ccccc2CN1C(=O)OCc1ccccc1)C(=O)O. The van der Waals surface area contributed by atoms with Crippen molar-refractivity contribution in [3.05, 3.63) is 71.3 Å². The number of benzene rings is 2. The van der Waals surface area contributed by atoms with Crippen LogP contribution in [-0.4, -0.2) is 40.1 Å². The molecule has 0 aliphatic carbocycles. The highest BCUT2D eigenvalue weighted by molar-refractivity contribution is 5.89. The van der Waals surface area contributed by atoms with Gasteiger partial charge in [0.05, 0.1) is 6.54 Å². The highest BCUT2D eigenvalue weighted by Gasteiger charge is 2.37. The lowest BCUT2D eigenvalue weighted by atomic mass is 9.93. The van der Waals surface area contributed by atoms with Gasteiger partial charge in [0.25, 0.3) is 0 Å². The fourth-order valence-electron chi connectivity index (χ4n) is 3.68. The number of carboxylic acids is 1. The number of unbranched alkanes of at least 4 members (excludes halogenated alkanes) is 1. The van der Waals surface area contributed by atoms with Gasteiger partial charge in [-0.3, -0.25) is 9.69 Å². The first kappa shape index (κ1) is 22.9. The number of hydrogen-bond donors (Lipinski definition) is 2. The van der Waals surface area contributed by atoms with Gasteiger partial charge in [0.2, 0.25) is 5.91 Å². The van der Waals surface area contributed by atoms with Crippen LogP contribution in [0.2, 0.25) is 0 Å². The normalized spacial score (nSPS) is 15.7. The summed E-state index contributed by atoms with van der Waals surface area (Å²) >= 11 is 0. The van der Waals surface area contributed by atoms with Crippen molar-refractivity contribution in [2.24, 2.45) is 0 Å². The van der Waals surface area contributed by atoms with Crippen LogP contribution in [0.5, 0.6) is 0 Å². The summed E-state index contributed by atoms with van der Waals surface area (Å²) in [5.74, 6) is 0.806. The molecule has 0 unspecified atom stereocenters. The Balaban J connectivity index is 1.75. The molecule has 0 saturated carbocycles. The fraction of sp³-hybridized carbons (Fsp3) is 0.320. The second-order valence-electron chi connectivity index (χ2n) is 7.65. The zero-order valence-electron chi connectivity index (χ0n) is 17.7. The van der Waals surface area contributed by atoms with Gasteiger partial charge < -0.3 is 15.2 Å². The summed E-state index contributed by atoms with van der Waals surface area (Å²) in [4.78, 5) is 39.0. The quantitative estimate of drug-likeness (QED) is 0.492. The third kappa shape index (κ3) is 5.88. The van der Waals surface area contributed by atoms with E-state index < -0.39 is 30.1 Å². The van der Waals surface area contributed by atoms with Gasteiger partial charge in [0.1, 0.15) is 18.7 Å². The van der Waals surface area contributed by atoms with Crippen LogP contribution in [0.4, 0.5) is 4.79 Å². The highest BCUT2D eigenvalue weighted by Crippen LogP contribution is 2.25. The molecule has 1 aliphatic heterocycles. The maximum Gasteiger partial charge on any atom is 0.411 e. The summed E-state index contributed by atoms with van der Waals surface area (Å²) in [6.07, 6.45) is 6.00. The van der Waals surface area contributed by atoms with Crippen LogP contribution in [-0.2, 0) is 33.9 Å². The van der Waals surface area contributed by atoms with Gasteiger partial charge >= 0.3 is 12.1 Å². The number of carbonyl (C=O) groups excluding carboxylic acids is 2. The van der Waals surface area contributed by atoms with Crippen LogP contribution in [0.15, 0.2) is 54.6 Å². The number of carbonyl (C=O) groups is 3. The monoisotopic (exact) mass is 434 g/mol. The maximum atomic E-state index is 13.1. The van der Waals surface area contributed by atoms with Crippen molar-refractivity contribution in [2.75, 3.05) is 0 Å². The minimum Gasteiger partial charge on any atom is -0.480 e. The van der Waals surface area contributed by atoms with Gasteiger partial charge in [-0.25, -0.2) is 9.59 Å². The number of carboxylic acid groups (broad SMARTS) is 1. The minimum atomic E-state index is -1.13. The van der Waals surface area contributed by atoms with Gasteiger partial charge in [0, 0.05) is 12.8 Å². The molecular formula is C25H26N2O5. The molecule has 0 saturated heterocycles. The lowest BCUT2D eigenvalue weighted by molar-refractivity contribution is -0.143. The molecule has 0 fully saturated rings. The molecule has 2 atom stereocenters. The van der Waals surface area contributed by atoms with Crippen LogP contribution in [0, 0.1) is 12.3 Å². The van der Waals surface area contributed by atoms with Gasteiger partial charge in [-0.15, -0.1) is 12.3 Å². The summed E-state index contributed by atoms with van der Waals surface area (Å²) < 4.78 is 5.46. The predicted molar refractivity (Wildman–Crippen MR) is 118 cm³/mol. The second-order valence-corrected chi connectivity index (χ2v) is 7.65. The summed E-state index contributed by atoms with van der Waals surface area (Å²) in [7, 11) is 0. The molecule has 2 amide bonds. The standard InChI is InChI=1S/C25H26N2O5/c1-2-3-5-14-21(24(29)30)26-23(28)22-15-19-12-8-9-13-20(19)16-27(22)25(31)32-17-18-10-6-4-7-11-18/h1,4,6-13,21-22H,3,5,14-17H2,(H,26,28)(H,29,30)/t21-,22-/m0/s1. The number of fused-ring (bicyclic) bond motifs is 1. The lowest BCUT2D eigenvalue weighted by Gasteiger charge is -2.35. The summed E-state index contributed by atoms with van der Waals surface area (Å²) in [5, 5.41) is 12.1. The summed E-state index contributed by atoms with van der Waals surface area (Å²) in [6, 6.07) is 14.9. The largest absolute Gasteiger partial charge is 0.480 e. The fourth-order valence-corrected chi connectivity index (χ4v) is 3.68. The Hall–Kier alpha value is -3.79. The van der Waals surface area contributed by atoms with Crippen LogP contribution in [0.1, 0.15) is 36.0 Å². The van der Waals surface area contributed by atoms with E-state index in [-0.39, 0.29) is 26.0 Å². The van der Waals surface area contributed by atoms with Gasteiger partial charge in [0.15, 0.2) is 0 Å². The Kier molecular flexibility index (Phi) is 7.87. The molecule has 0 spiro atoms. The number of terminal acetylenes is 1. The Labute approximate surface area is 187 Å². The molecule has 2 aromatic carbocycles. The topological polar surface area (TPSA) is 95.9 Å². The van der Waals surface area contributed by atoms with Crippen molar-refractivity contribution >= 4 is 18.0 Å². The van der Waals surface area contributed by atoms with Crippen LogP contribution >= 0.6 is 0 Å². The number of hydrogen-bond acceptors (Lipinski definition) is 4. The van der Waals surface area contributed by atoms with Gasteiger partial charge in [-0.1, -0.05) is 54.6 Å². The first-order valence-corrected chi connectivity index (χ1v) is 10.5. The van der Waals surface area contributed by atoms with Gasteiger partial charge in [-0.05, 0) is 29.5 Å². The zero-order valence-corrected chi connectivity index (χ0v) is 17.7. The number of nitrogens with zero attached hydrogens (tertiary/aromatic N) is 1. The Bertz CT molecular complexity index is 999. The first-order chi connectivity index (χ1) is 15.5. The smallest absolute Gasteiger partial charge is 0.411 e. The van der Waals surface area contributed by atoms with Crippen molar-refractivity contribution in [3.63, 3.8) is 0 Å². The molecule has 2 aromatic rings. The molecule has 0 bridgehead atoms. The Morgan fingerprint density at radius 3 is 2.50 bits per heavy atom. The summed E-state index contributed by atoms with van der Waals surface area (Å²) in [6.45, 7) is 0.284. The molecule has 1 heterocycles. The van der Waals surface area contributed by atoms with E-state index in [1.54, 1.807) is 0 Å². The average Bonchev–Trinajstić information content (AvgIpc) is 2.81. The molecule has 166 valence electrons. The van der Waals surface area contributed by atoms with E-state index in [0.29, 0.717) is 12.8 Å². The predicted octanol–water partition coefficient (Wildman–Crippen LogP) is 3.12. The molecule has 1 aliphatic rings. The van der Waals surface area contributed by atoms with E-state index in [9.17, 15) is 19.5 Å². The number of nitrogens with one attached hydrogen (secondary N) is 1. The van der Waals surface area contributed by atoms with Crippen molar-refractivity contribution < 1.29 is 24.2 Å². The van der Waals surface area contributed by atoms with Crippen LogP contribution < -0.4 is 5.32 Å². The van der Waals surface area contributed by atoms with Crippen molar-refractivity contribution in [1.29, 1.82) is 0 Å². The van der Waals surface area contributed by atoms with Crippen LogP contribution in [0.25, 0.3) is 0 Å². The van der Waals surface area contributed by atoms with E-state index in [0.717, 1.165) is 16.7 Å². The molecule has 3 rings (SSSR count). The van der Waals surface area contributed by atoms with Crippen molar-refractivity contribution in [1.82, 2.24) is 10.2 Å². The van der Waals surface area contributed by atoms with E-state index in [4.69, 9.17) is 11.2 Å². The second kappa shape index (κ2) is 11.0. The molecule has 0 aromatic heterocycles. The third-order valence-electron chi connectivity index (χ3n) is 5.42. The molecule has 32 heavy (non-hydrogen) atoms. The molecular weight excluding hydrogens is 408 g/mol. The number of rotatable bonds is 8. The lowest BCUT2D eigenvalue weighted by Crippen LogP contribution is -2.55. The Morgan fingerprint density at radius 1 is 1.12 bits per heavy atom. The molecule has 0 radical (unpaired) electrons. The van der Waals surface area contributed by atoms with E-state index in [2.05, 4.69) is 11.2 Å². The minimum absolute atomic E-state index is 0.0794. The first-order valence-electron chi connectivity index (χ1n) is 10.5. The molecule has 2 N–H and O–H groups in total. The zero-order chi connectivity index (χ0) is 22.9. The molecule has 7 heteroatoms. The Morgan fingerprint density at radius 2 is 1.81 bits per heavy atom. The number of aliphatic carboxylic acids is 1. The third-order valence-corrected chi connectivity index (χ3v) is 5.42. The van der Waals surface area contributed by atoms with Crippen molar-refractivity contribution in [3.8, 4) is 12.3 Å². The summed E-state index contributed by atoms with van der Waals surface area (Å²) in [5.41, 5.74) is 2.70. The maximum absolute atomic E-state index is 13.1. The van der Waals surface area contributed by atoms with E-state index >= 15 is 0 Å². The number of ether oxygens (including phenoxy) is 1.